The van der Waals surface area contributed by atoms with Crippen LogP contribution in [0.25, 0.3) is 11.1 Å². The topological polar surface area (TPSA) is 73.6 Å². The van der Waals surface area contributed by atoms with Gasteiger partial charge in [-0.2, -0.15) is 18.3 Å². The maximum Gasteiger partial charge on any atom is 0.433 e. The van der Waals surface area contributed by atoms with Gasteiger partial charge in [0.15, 0.2) is 5.69 Å². The second kappa shape index (κ2) is 11.6. The first-order valence-corrected chi connectivity index (χ1v) is 12.7. The standard InChI is InChI=1S/C26H26ClF4N5O2.ClH/c27-17-4-5-19(16-3-6-22(21(28)12-16)34-10-7-32-8-11-34)23(13-17)35-9-1-2-18(15-35)36-24(26(29,30)31)20(14-33-36)25(37)38;/h3-6,12-14,18,32H,1-2,7-11,15H2,(H,37,38);1H. The van der Waals surface area contributed by atoms with Crippen LogP contribution in [0.2, 0.25) is 5.02 Å². The number of carbonyl (C=O) groups is 1. The number of piperazine rings is 1. The van der Waals surface area contributed by atoms with Crippen LogP contribution in [0.5, 0.6) is 0 Å². The fourth-order valence-electron chi connectivity index (χ4n) is 5.30. The molecule has 3 heterocycles. The number of rotatable bonds is 5. The molecule has 0 bridgehead atoms. The maximum atomic E-state index is 15.2. The number of halogens is 6. The van der Waals surface area contributed by atoms with Crippen molar-refractivity contribution >= 4 is 41.4 Å². The summed E-state index contributed by atoms with van der Waals surface area (Å²) in [7, 11) is 0. The quantitative estimate of drug-likeness (QED) is 0.371. The maximum absolute atomic E-state index is 15.2. The van der Waals surface area contributed by atoms with Gasteiger partial charge in [0.2, 0.25) is 0 Å². The van der Waals surface area contributed by atoms with E-state index < -0.39 is 29.4 Å². The van der Waals surface area contributed by atoms with Crippen LogP contribution in [-0.2, 0) is 6.18 Å². The molecule has 3 aromatic rings. The highest BCUT2D eigenvalue weighted by molar-refractivity contribution is 6.31. The summed E-state index contributed by atoms with van der Waals surface area (Å²) in [4.78, 5) is 15.3. The normalized spacial score (nSPS) is 18.1. The van der Waals surface area contributed by atoms with E-state index in [4.69, 9.17) is 11.6 Å². The zero-order valence-corrected chi connectivity index (χ0v) is 22.3. The van der Waals surface area contributed by atoms with Gasteiger partial charge in [0.1, 0.15) is 11.4 Å². The summed E-state index contributed by atoms with van der Waals surface area (Å²) >= 11 is 6.31. The molecule has 2 aromatic carbocycles. The lowest BCUT2D eigenvalue weighted by Gasteiger charge is -2.36. The molecule has 0 amide bonds. The molecule has 1 unspecified atom stereocenters. The van der Waals surface area contributed by atoms with E-state index in [-0.39, 0.29) is 24.8 Å². The molecule has 2 N–H and O–H groups in total. The molecule has 5 rings (SSSR count). The number of nitrogens with one attached hydrogen (secondary N) is 1. The number of carboxylic acid groups (broad SMARTS) is 1. The Morgan fingerprint density at radius 2 is 1.79 bits per heavy atom. The molecule has 0 aliphatic carbocycles. The third kappa shape index (κ3) is 5.95. The van der Waals surface area contributed by atoms with Crippen molar-refractivity contribution in [1.82, 2.24) is 15.1 Å². The number of piperidine rings is 1. The first kappa shape index (κ1) is 29.0. The van der Waals surface area contributed by atoms with Gasteiger partial charge < -0.3 is 20.2 Å². The van der Waals surface area contributed by atoms with Crippen molar-refractivity contribution in [1.29, 1.82) is 0 Å². The first-order valence-electron chi connectivity index (χ1n) is 12.3. The molecule has 0 radical (unpaired) electrons. The van der Waals surface area contributed by atoms with Crippen molar-refractivity contribution in [2.24, 2.45) is 0 Å². The summed E-state index contributed by atoms with van der Waals surface area (Å²) in [6, 6.07) is 9.53. The Morgan fingerprint density at radius 3 is 2.46 bits per heavy atom. The Morgan fingerprint density at radius 1 is 1.05 bits per heavy atom. The van der Waals surface area contributed by atoms with Gasteiger partial charge in [-0.05, 0) is 42.7 Å². The summed E-state index contributed by atoms with van der Waals surface area (Å²) in [5.41, 5.74) is 0.362. The molecule has 2 saturated heterocycles. The minimum absolute atomic E-state index is 0. The average molecular weight is 588 g/mol. The summed E-state index contributed by atoms with van der Waals surface area (Å²) in [6.07, 6.45) is -3.19. The molecule has 13 heteroatoms. The number of aromatic nitrogens is 2. The number of benzene rings is 2. The van der Waals surface area contributed by atoms with Crippen LogP contribution in [0, 0.1) is 5.82 Å². The van der Waals surface area contributed by atoms with E-state index in [1.807, 2.05) is 15.9 Å². The van der Waals surface area contributed by atoms with E-state index in [1.165, 1.54) is 6.07 Å². The van der Waals surface area contributed by atoms with Gasteiger partial charge in [-0.25, -0.2) is 9.18 Å². The number of carboxylic acids is 1. The number of alkyl halides is 3. The molecule has 210 valence electrons. The number of hydrogen-bond donors (Lipinski definition) is 2. The molecule has 2 aliphatic rings. The van der Waals surface area contributed by atoms with Gasteiger partial charge in [0.05, 0.1) is 17.9 Å². The lowest BCUT2D eigenvalue weighted by molar-refractivity contribution is -0.145. The molecule has 1 atom stereocenters. The van der Waals surface area contributed by atoms with E-state index in [0.717, 1.165) is 24.0 Å². The van der Waals surface area contributed by atoms with Crippen molar-refractivity contribution in [3.63, 3.8) is 0 Å². The highest BCUT2D eigenvalue weighted by atomic mass is 35.5. The Labute approximate surface area is 233 Å². The first-order chi connectivity index (χ1) is 18.1. The summed E-state index contributed by atoms with van der Waals surface area (Å²) in [6.45, 7) is 3.65. The monoisotopic (exact) mass is 587 g/mol. The molecule has 39 heavy (non-hydrogen) atoms. The van der Waals surface area contributed by atoms with Crippen LogP contribution in [-0.4, -0.2) is 60.1 Å². The minimum Gasteiger partial charge on any atom is -0.478 e. The van der Waals surface area contributed by atoms with Gasteiger partial charge in [-0.3, -0.25) is 4.68 Å². The summed E-state index contributed by atoms with van der Waals surface area (Å²) in [5, 5.41) is 16.8. The Bertz CT molecular complexity index is 1340. The highest BCUT2D eigenvalue weighted by Gasteiger charge is 2.42. The van der Waals surface area contributed by atoms with Gasteiger partial charge in [-0.15, -0.1) is 12.4 Å². The van der Waals surface area contributed by atoms with Crippen molar-refractivity contribution in [2.75, 3.05) is 49.1 Å². The molecular weight excluding hydrogens is 561 g/mol. The molecule has 7 nitrogen and oxygen atoms in total. The summed E-state index contributed by atoms with van der Waals surface area (Å²) in [5.74, 6) is -2.03. The fourth-order valence-corrected chi connectivity index (χ4v) is 5.46. The van der Waals surface area contributed by atoms with E-state index >= 15 is 4.39 Å². The van der Waals surface area contributed by atoms with Gasteiger partial charge in [-0.1, -0.05) is 23.7 Å². The van der Waals surface area contributed by atoms with E-state index in [1.54, 1.807) is 24.3 Å². The molecule has 0 saturated carbocycles. The zero-order chi connectivity index (χ0) is 27.0. The Balaban J connectivity index is 0.00000353. The summed E-state index contributed by atoms with van der Waals surface area (Å²) < 4.78 is 57.5. The van der Waals surface area contributed by atoms with Crippen LogP contribution in [0.1, 0.15) is 34.9 Å². The molecule has 1 aromatic heterocycles. The third-order valence-electron chi connectivity index (χ3n) is 7.05. The number of anilines is 2. The predicted octanol–water partition coefficient (Wildman–Crippen LogP) is 5.73. The smallest absolute Gasteiger partial charge is 0.433 e. The highest BCUT2D eigenvalue weighted by Crippen LogP contribution is 2.40. The van der Waals surface area contributed by atoms with E-state index in [2.05, 4.69) is 10.4 Å². The average Bonchev–Trinajstić information content (AvgIpc) is 3.36. The van der Waals surface area contributed by atoms with Crippen LogP contribution in [0.3, 0.4) is 0 Å². The van der Waals surface area contributed by atoms with Crippen molar-refractivity contribution < 1.29 is 27.5 Å². The Kier molecular flexibility index (Phi) is 8.63. The van der Waals surface area contributed by atoms with Crippen LogP contribution in [0.15, 0.2) is 42.6 Å². The molecule has 2 aliphatic heterocycles. The lowest BCUT2D eigenvalue weighted by Crippen LogP contribution is -2.43. The molecule has 2 fully saturated rings. The second-order valence-corrected chi connectivity index (χ2v) is 9.90. The van der Waals surface area contributed by atoms with Gasteiger partial charge in [0.25, 0.3) is 0 Å². The Hall–Kier alpha value is -3.02. The lowest BCUT2D eigenvalue weighted by atomic mass is 9.99. The predicted molar refractivity (Wildman–Crippen MR) is 144 cm³/mol. The number of nitrogens with zero attached hydrogens (tertiary/aromatic N) is 4. The van der Waals surface area contributed by atoms with Crippen molar-refractivity contribution in [3.8, 4) is 11.1 Å². The van der Waals surface area contributed by atoms with Crippen LogP contribution in [0.4, 0.5) is 28.9 Å². The SMILES string of the molecule is Cl.O=C(O)c1cnn(C2CCCN(c3cc(Cl)ccc3-c3ccc(N4CCNCC4)c(F)c3)C2)c1C(F)(F)F. The van der Waals surface area contributed by atoms with Crippen molar-refractivity contribution in [3.05, 3.63) is 64.7 Å². The third-order valence-corrected chi connectivity index (χ3v) is 7.29. The van der Waals surface area contributed by atoms with E-state index in [9.17, 15) is 23.1 Å². The van der Waals surface area contributed by atoms with Crippen LogP contribution >= 0.6 is 24.0 Å². The number of hydrogen-bond acceptors (Lipinski definition) is 5. The zero-order valence-electron chi connectivity index (χ0n) is 20.7. The fraction of sp³-hybridized carbons (Fsp3) is 0.385. The minimum atomic E-state index is -4.88. The van der Waals surface area contributed by atoms with Gasteiger partial charge >= 0.3 is 12.1 Å². The van der Waals surface area contributed by atoms with Crippen molar-refractivity contribution in [2.45, 2.75) is 25.1 Å². The van der Waals surface area contributed by atoms with E-state index in [0.29, 0.717) is 60.0 Å². The number of aromatic carboxylic acids is 1. The molecule has 0 spiro atoms. The van der Waals surface area contributed by atoms with Crippen LogP contribution < -0.4 is 15.1 Å². The van der Waals surface area contributed by atoms with Gasteiger partial charge in [0, 0.05) is 55.5 Å². The largest absolute Gasteiger partial charge is 0.478 e. The second-order valence-electron chi connectivity index (χ2n) is 9.46. The molecular formula is C26H27Cl2F4N5O2.